The Balaban J connectivity index is 4.79. The number of carbonyl (C=O) groups excluding carboxylic acids is 3. The van der Waals surface area contributed by atoms with Crippen molar-refractivity contribution < 1.29 is 48.2 Å². The van der Waals surface area contributed by atoms with Crippen molar-refractivity contribution in [2.24, 2.45) is 5.73 Å². The number of rotatable bonds is 11. The molecule has 0 saturated carbocycles. The van der Waals surface area contributed by atoms with E-state index in [0.717, 1.165) is 6.92 Å². The lowest BCUT2D eigenvalue weighted by atomic mass is 10.1. The molecule has 0 saturated heterocycles. The third-order valence-corrected chi connectivity index (χ3v) is 7.17. The second-order valence-corrected chi connectivity index (χ2v) is 9.52. The van der Waals surface area contributed by atoms with E-state index in [9.17, 15) is 28.6 Å². The zero-order valence-corrected chi connectivity index (χ0v) is 15.7. The summed E-state index contributed by atoms with van der Waals surface area (Å²) < 4.78 is 22.4. The molecular formula is C11H23N3O10P2. The normalized spacial score (nSPS) is 13.8. The van der Waals surface area contributed by atoms with Crippen molar-refractivity contribution in [1.29, 1.82) is 0 Å². The van der Waals surface area contributed by atoms with Gasteiger partial charge in [0.05, 0.1) is 0 Å². The Hall–Kier alpha value is -1.33. The van der Waals surface area contributed by atoms with Crippen LogP contribution in [0.25, 0.3) is 0 Å². The van der Waals surface area contributed by atoms with Crippen molar-refractivity contribution in [2.45, 2.75) is 43.7 Å². The molecule has 0 aliphatic heterocycles. The molecule has 0 aliphatic rings. The third kappa shape index (κ3) is 7.50. The summed E-state index contributed by atoms with van der Waals surface area (Å²) in [5.74, 6) is -1.98. The van der Waals surface area contributed by atoms with Gasteiger partial charge in [0.25, 0.3) is 5.08 Å². The van der Waals surface area contributed by atoms with Crippen molar-refractivity contribution in [2.75, 3.05) is 6.54 Å². The predicted molar refractivity (Wildman–Crippen MR) is 87.3 cm³/mol. The molecule has 9 N–H and O–H groups in total. The Morgan fingerprint density at radius 3 is 2.00 bits per heavy atom. The van der Waals surface area contributed by atoms with Crippen LogP contribution in [0.5, 0.6) is 0 Å². The van der Waals surface area contributed by atoms with Gasteiger partial charge >= 0.3 is 15.2 Å². The molecule has 0 aromatic carbocycles. The fourth-order valence-corrected chi connectivity index (χ4v) is 4.18. The van der Waals surface area contributed by atoms with Gasteiger partial charge in [-0.3, -0.25) is 23.5 Å². The SMILES string of the molecule is CC(=O)NC(CCC(N)=O)C(=O)NCCCC(O)(P(=O)(O)O)P(=O)(O)O. The van der Waals surface area contributed by atoms with E-state index in [1.165, 1.54) is 0 Å². The maximum Gasteiger partial charge on any atom is 0.369 e. The summed E-state index contributed by atoms with van der Waals surface area (Å²) >= 11 is 0. The van der Waals surface area contributed by atoms with Crippen LogP contribution in [0.3, 0.4) is 0 Å². The maximum absolute atomic E-state index is 12.0. The third-order valence-electron chi connectivity index (χ3n) is 3.29. The molecule has 3 amide bonds. The van der Waals surface area contributed by atoms with Crippen LogP contribution in [0, 0.1) is 0 Å². The van der Waals surface area contributed by atoms with Gasteiger partial charge in [-0.15, -0.1) is 0 Å². The number of amides is 3. The summed E-state index contributed by atoms with van der Waals surface area (Å²) in [6.45, 7) is 0.832. The van der Waals surface area contributed by atoms with E-state index in [2.05, 4.69) is 10.6 Å². The minimum absolute atomic E-state index is 0.0877. The first-order valence-corrected chi connectivity index (χ1v) is 10.5. The molecule has 0 rings (SSSR count). The Morgan fingerprint density at radius 2 is 1.62 bits per heavy atom. The Kier molecular flexibility index (Phi) is 9.07. The summed E-state index contributed by atoms with van der Waals surface area (Å²) in [5.41, 5.74) is 4.96. The average Bonchev–Trinajstić information content (AvgIpc) is 2.44. The van der Waals surface area contributed by atoms with Gasteiger partial charge in [-0.1, -0.05) is 0 Å². The molecular weight excluding hydrogens is 396 g/mol. The van der Waals surface area contributed by atoms with Gasteiger partial charge in [0.15, 0.2) is 0 Å². The number of hydrogen-bond acceptors (Lipinski definition) is 6. The zero-order chi connectivity index (χ0) is 20.8. The van der Waals surface area contributed by atoms with Crippen LogP contribution in [-0.4, -0.2) is 60.1 Å². The number of nitrogens with two attached hydrogens (primary N) is 1. The van der Waals surface area contributed by atoms with E-state index in [-0.39, 0.29) is 25.8 Å². The fraction of sp³-hybridized carbons (Fsp3) is 0.727. The van der Waals surface area contributed by atoms with Crippen molar-refractivity contribution in [3.05, 3.63) is 0 Å². The molecule has 0 heterocycles. The van der Waals surface area contributed by atoms with Crippen LogP contribution in [0.15, 0.2) is 0 Å². The molecule has 15 heteroatoms. The Labute approximate surface area is 148 Å². The second-order valence-electron chi connectivity index (χ2n) is 5.52. The Morgan fingerprint density at radius 1 is 1.12 bits per heavy atom. The van der Waals surface area contributed by atoms with E-state index in [0.29, 0.717) is 0 Å². The molecule has 0 aromatic rings. The average molecular weight is 419 g/mol. The van der Waals surface area contributed by atoms with Crippen LogP contribution < -0.4 is 16.4 Å². The van der Waals surface area contributed by atoms with E-state index in [1.54, 1.807) is 0 Å². The van der Waals surface area contributed by atoms with Gasteiger partial charge in [-0.05, 0) is 12.8 Å². The maximum atomic E-state index is 12.0. The quantitative estimate of drug-likeness (QED) is 0.131. The molecule has 0 bridgehead atoms. The Bertz CT molecular complexity index is 606. The highest BCUT2D eigenvalue weighted by molar-refractivity contribution is 7.72. The number of aliphatic hydroxyl groups is 1. The number of carbonyl (C=O) groups is 3. The summed E-state index contributed by atoms with van der Waals surface area (Å²) in [6.07, 6.45) is -1.65. The van der Waals surface area contributed by atoms with Gasteiger partial charge in [-0.25, -0.2) is 0 Å². The van der Waals surface area contributed by atoms with Gasteiger partial charge < -0.3 is 41.0 Å². The topological polar surface area (TPSA) is 237 Å². The van der Waals surface area contributed by atoms with Crippen LogP contribution >= 0.6 is 15.2 Å². The van der Waals surface area contributed by atoms with Crippen LogP contribution in [-0.2, 0) is 23.5 Å². The van der Waals surface area contributed by atoms with Crippen molar-refractivity contribution in [3.63, 3.8) is 0 Å². The first-order chi connectivity index (χ1) is 11.6. The number of primary amides is 1. The van der Waals surface area contributed by atoms with Crippen LogP contribution in [0.4, 0.5) is 0 Å². The summed E-state index contributed by atoms with van der Waals surface area (Å²) in [5, 5.41) is 10.7. The molecule has 1 atom stereocenters. The highest BCUT2D eigenvalue weighted by Gasteiger charge is 2.58. The first kappa shape index (κ1) is 24.7. The minimum Gasteiger partial charge on any atom is -0.370 e. The highest BCUT2D eigenvalue weighted by Crippen LogP contribution is 2.69. The molecule has 26 heavy (non-hydrogen) atoms. The van der Waals surface area contributed by atoms with E-state index in [1.807, 2.05) is 0 Å². The standard InChI is InChI=1S/C11H23N3O10P2/c1-7(15)14-8(3-4-9(12)16)10(17)13-6-2-5-11(18,25(19,20)21)26(22,23)24/h8,18H,2-6H2,1H3,(H2,12,16)(H,13,17)(H,14,15)(H2,19,20,21)(H2,22,23,24). The van der Waals surface area contributed by atoms with Gasteiger partial charge in [0.2, 0.25) is 17.7 Å². The predicted octanol–water partition coefficient (Wildman–Crippen LogP) is -2.35. The molecule has 0 spiro atoms. The minimum atomic E-state index is -5.56. The molecule has 0 aliphatic carbocycles. The monoisotopic (exact) mass is 419 g/mol. The highest BCUT2D eigenvalue weighted by atomic mass is 31.2. The van der Waals surface area contributed by atoms with Crippen LogP contribution in [0.2, 0.25) is 0 Å². The van der Waals surface area contributed by atoms with Crippen molar-refractivity contribution in [1.82, 2.24) is 10.6 Å². The molecule has 152 valence electrons. The van der Waals surface area contributed by atoms with Gasteiger partial charge in [0.1, 0.15) is 6.04 Å². The molecule has 1 unspecified atom stereocenters. The summed E-state index contributed by atoms with van der Waals surface area (Å²) in [6, 6.07) is -1.09. The fourth-order valence-electron chi connectivity index (χ4n) is 1.92. The van der Waals surface area contributed by atoms with E-state index in [4.69, 9.17) is 25.3 Å². The largest absolute Gasteiger partial charge is 0.370 e. The van der Waals surface area contributed by atoms with E-state index < -0.39 is 50.5 Å². The van der Waals surface area contributed by atoms with Gasteiger partial charge in [0, 0.05) is 26.3 Å². The van der Waals surface area contributed by atoms with E-state index >= 15 is 0 Å². The first-order valence-electron chi connectivity index (χ1n) is 7.28. The van der Waals surface area contributed by atoms with Crippen molar-refractivity contribution >= 4 is 32.9 Å². The second kappa shape index (κ2) is 9.56. The molecule has 0 fully saturated rings. The number of nitrogens with one attached hydrogen (secondary N) is 2. The summed E-state index contributed by atoms with van der Waals surface area (Å²) in [7, 11) is -11.1. The molecule has 0 aromatic heterocycles. The lowest BCUT2D eigenvalue weighted by Gasteiger charge is -2.29. The lowest BCUT2D eigenvalue weighted by molar-refractivity contribution is -0.128. The lowest BCUT2D eigenvalue weighted by Crippen LogP contribution is -2.46. The summed E-state index contributed by atoms with van der Waals surface area (Å²) in [4.78, 5) is 69.7. The van der Waals surface area contributed by atoms with Crippen LogP contribution in [0.1, 0.15) is 32.6 Å². The molecule has 0 radical (unpaired) electrons. The zero-order valence-electron chi connectivity index (χ0n) is 13.9. The van der Waals surface area contributed by atoms with Crippen molar-refractivity contribution in [3.8, 4) is 0 Å². The molecule has 13 nitrogen and oxygen atoms in total. The van der Waals surface area contributed by atoms with Gasteiger partial charge in [-0.2, -0.15) is 0 Å². The smallest absolute Gasteiger partial charge is 0.369 e. The number of hydrogen-bond donors (Lipinski definition) is 8.